The fourth-order valence-corrected chi connectivity index (χ4v) is 3.25. The Balaban J connectivity index is 1.54. The lowest BCUT2D eigenvalue weighted by molar-refractivity contribution is 0.131. The third kappa shape index (κ3) is 4.31. The summed E-state index contributed by atoms with van der Waals surface area (Å²) in [6.45, 7) is 3.62. The van der Waals surface area contributed by atoms with Gasteiger partial charge < -0.3 is 15.2 Å². The van der Waals surface area contributed by atoms with Gasteiger partial charge in [0.05, 0.1) is 6.54 Å². The fraction of sp³-hybridized carbons (Fsp3) is 0.500. The Labute approximate surface area is 153 Å². The van der Waals surface area contributed by atoms with E-state index >= 15 is 0 Å². The molecule has 2 N–H and O–H groups in total. The third-order valence-corrected chi connectivity index (χ3v) is 5.21. The highest BCUT2D eigenvalue weighted by Crippen LogP contribution is 2.42. The second-order valence-corrected chi connectivity index (χ2v) is 6.94. The number of aliphatic imine (C=N–C) groups is 1. The van der Waals surface area contributed by atoms with E-state index < -0.39 is 0 Å². The smallest absolute Gasteiger partial charge is 0.246 e. The van der Waals surface area contributed by atoms with Gasteiger partial charge in [-0.3, -0.25) is 4.99 Å². The van der Waals surface area contributed by atoms with E-state index in [9.17, 15) is 0 Å². The van der Waals surface area contributed by atoms with E-state index in [-0.39, 0.29) is 0 Å². The average molecular weight is 362 g/mol. The minimum absolute atomic E-state index is 0.423. The molecule has 0 bridgehead atoms. The van der Waals surface area contributed by atoms with Crippen molar-refractivity contribution in [2.24, 2.45) is 10.4 Å². The van der Waals surface area contributed by atoms with Gasteiger partial charge in [0.15, 0.2) is 5.96 Å². The largest absolute Gasteiger partial charge is 0.356 e. The number of nitrogens with one attached hydrogen (secondary N) is 2. The molecule has 0 unspecified atom stereocenters. The van der Waals surface area contributed by atoms with E-state index in [2.05, 4.69) is 32.7 Å². The number of halogens is 1. The molecule has 0 amide bonds. The minimum Gasteiger partial charge on any atom is -0.356 e. The van der Waals surface area contributed by atoms with Crippen molar-refractivity contribution in [2.75, 3.05) is 13.6 Å². The van der Waals surface area contributed by atoms with Crippen LogP contribution in [-0.2, 0) is 6.54 Å². The molecule has 1 saturated carbocycles. The maximum Gasteiger partial charge on any atom is 0.246 e. The lowest BCUT2D eigenvalue weighted by Gasteiger charge is -2.41. The monoisotopic (exact) mass is 361 g/mol. The van der Waals surface area contributed by atoms with Crippen LogP contribution in [0.4, 0.5) is 0 Å². The number of nitrogens with zero attached hydrogens (tertiary/aromatic N) is 3. The van der Waals surface area contributed by atoms with Gasteiger partial charge in [-0.05, 0) is 36.8 Å². The van der Waals surface area contributed by atoms with Crippen molar-refractivity contribution in [3.63, 3.8) is 0 Å². The second kappa shape index (κ2) is 7.87. The third-order valence-electron chi connectivity index (χ3n) is 4.98. The Kier molecular flexibility index (Phi) is 5.58. The first-order chi connectivity index (χ1) is 12.1. The van der Waals surface area contributed by atoms with Crippen molar-refractivity contribution < 1.29 is 4.52 Å². The van der Waals surface area contributed by atoms with Crippen LogP contribution in [0.1, 0.15) is 38.5 Å². The van der Waals surface area contributed by atoms with E-state index in [1.54, 1.807) is 7.05 Å². The number of rotatable bonds is 6. The van der Waals surface area contributed by atoms with Crippen molar-refractivity contribution in [1.29, 1.82) is 0 Å². The first kappa shape index (κ1) is 17.7. The highest BCUT2D eigenvalue weighted by Gasteiger charge is 2.34. The van der Waals surface area contributed by atoms with Crippen molar-refractivity contribution in [2.45, 2.75) is 39.2 Å². The molecule has 25 heavy (non-hydrogen) atoms. The van der Waals surface area contributed by atoms with Gasteiger partial charge in [0.25, 0.3) is 0 Å². The van der Waals surface area contributed by atoms with Gasteiger partial charge in [0.2, 0.25) is 11.7 Å². The summed E-state index contributed by atoms with van der Waals surface area (Å²) in [7, 11) is 1.76. The van der Waals surface area contributed by atoms with E-state index in [0.29, 0.717) is 28.7 Å². The lowest BCUT2D eigenvalue weighted by Crippen LogP contribution is -2.46. The number of hydrogen-bond acceptors (Lipinski definition) is 4. The predicted octanol–water partition coefficient (Wildman–Crippen LogP) is 3.64. The molecule has 0 saturated heterocycles. The van der Waals surface area contributed by atoms with Crippen LogP contribution >= 0.6 is 11.6 Å². The summed E-state index contributed by atoms with van der Waals surface area (Å²) in [4.78, 5) is 8.66. The Bertz CT molecular complexity index is 733. The zero-order valence-corrected chi connectivity index (χ0v) is 15.4. The molecule has 0 aliphatic heterocycles. The summed E-state index contributed by atoms with van der Waals surface area (Å²) in [6, 6.07) is 7.39. The van der Waals surface area contributed by atoms with Crippen molar-refractivity contribution in [1.82, 2.24) is 20.8 Å². The molecule has 1 aliphatic carbocycles. The topological polar surface area (TPSA) is 75.3 Å². The molecule has 0 radical (unpaired) electrons. The van der Waals surface area contributed by atoms with Gasteiger partial charge in [0, 0.05) is 24.2 Å². The molecule has 1 aromatic carbocycles. The molecule has 0 spiro atoms. The minimum atomic E-state index is 0.423. The molecule has 7 heteroatoms. The number of hydrogen-bond donors (Lipinski definition) is 2. The molecule has 1 heterocycles. The highest BCUT2D eigenvalue weighted by molar-refractivity contribution is 6.30. The van der Waals surface area contributed by atoms with Gasteiger partial charge >= 0.3 is 0 Å². The van der Waals surface area contributed by atoms with Gasteiger partial charge in [-0.25, -0.2) is 0 Å². The number of guanidine groups is 1. The molecule has 1 aliphatic rings. The fourth-order valence-electron chi connectivity index (χ4n) is 3.05. The van der Waals surface area contributed by atoms with Crippen LogP contribution in [0.3, 0.4) is 0 Å². The Hall–Kier alpha value is -2.08. The van der Waals surface area contributed by atoms with Crippen LogP contribution in [0.15, 0.2) is 33.8 Å². The van der Waals surface area contributed by atoms with Gasteiger partial charge in [-0.2, -0.15) is 4.98 Å². The Morgan fingerprint density at radius 1 is 1.36 bits per heavy atom. The molecule has 1 aromatic heterocycles. The van der Waals surface area contributed by atoms with Crippen molar-refractivity contribution in [3.8, 4) is 11.4 Å². The molecule has 6 nitrogen and oxygen atoms in total. The summed E-state index contributed by atoms with van der Waals surface area (Å²) in [5, 5.41) is 11.3. The van der Waals surface area contributed by atoms with Gasteiger partial charge in [-0.15, -0.1) is 0 Å². The molecule has 1 fully saturated rings. The van der Waals surface area contributed by atoms with E-state index in [1.165, 1.54) is 25.7 Å². The van der Waals surface area contributed by atoms with E-state index in [1.807, 2.05) is 24.3 Å². The number of aromatic nitrogens is 2. The van der Waals surface area contributed by atoms with Crippen LogP contribution < -0.4 is 10.6 Å². The first-order valence-corrected chi connectivity index (χ1v) is 9.05. The SMILES string of the molecule is CCC1(CNC(=NC)NCc2nc(-c3cccc(Cl)c3)no2)CCC1. The molecule has 134 valence electrons. The Morgan fingerprint density at radius 3 is 2.84 bits per heavy atom. The summed E-state index contributed by atoms with van der Waals surface area (Å²) < 4.78 is 5.30. The van der Waals surface area contributed by atoms with Gasteiger partial charge in [-0.1, -0.05) is 42.2 Å². The second-order valence-electron chi connectivity index (χ2n) is 6.51. The first-order valence-electron chi connectivity index (χ1n) is 8.67. The van der Waals surface area contributed by atoms with Crippen LogP contribution in [0, 0.1) is 5.41 Å². The zero-order valence-electron chi connectivity index (χ0n) is 14.7. The lowest BCUT2D eigenvalue weighted by atomic mass is 9.67. The normalized spacial score (nSPS) is 16.4. The van der Waals surface area contributed by atoms with Crippen LogP contribution in [0.25, 0.3) is 11.4 Å². The predicted molar refractivity (Wildman–Crippen MR) is 99.5 cm³/mol. The zero-order chi connectivity index (χ0) is 17.7. The maximum atomic E-state index is 6.00. The molecule has 2 aromatic rings. The summed E-state index contributed by atoms with van der Waals surface area (Å²) in [6.07, 6.45) is 5.11. The summed E-state index contributed by atoms with van der Waals surface area (Å²) in [5.41, 5.74) is 1.27. The van der Waals surface area contributed by atoms with Gasteiger partial charge in [0.1, 0.15) is 0 Å². The standard InChI is InChI=1S/C18H24ClN5O/c1-3-18(8-5-9-18)12-22-17(20-2)21-11-15-23-16(24-25-15)13-6-4-7-14(19)10-13/h4,6-7,10H,3,5,8-9,11-12H2,1-2H3,(H2,20,21,22). The van der Waals surface area contributed by atoms with Crippen molar-refractivity contribution in [3.05, 3.63) is 35.2 Å². The molecular weight excluding hydrogens is 338 g/mol. The summed E-state index contributed by atoms with van der Waals surface area (Å²) in [5.74, 6) is 1.79. The summed E-state index contributed by atoms with van der Waals surface area (Å²) >= 11 is 6.00. The average Bonchev–Trinajstić information content (AvgIpc) is 3.06. The number of benzene rings is 1. The van der Waals surface area contributed by atoms with Crippen LogP contribution in [0.2, 0.25) is 5.02 Å². The maximum absolute atomic E-state index is 6.00. The highest BCUT2D eigenvalue weighted by atomic mass is 35.5. The van der Waals surface area contributed by atoms with Crippen LogP contribution in [-0.4, -0.2) is 29.7 Å². The Morgan fingerprint density at radius 2 is 2.20 bits per heavy atom. The molecule has 3 rings (SSSR count). The van der Waals surface area contributed by atoms with Crippen LogP contribution in [0.5, 0.6) is 0 Å². The molecular formula is C18H24ClN5O. The van der Waals surface area contributed by atoms with Crippen molar-refractivity contribution >= 4 is 17.6 Å². The van der Waals surface area contributed by atoms with E-state index in [0.717, 1.165) is 18.1 Å². The molecule has 0 atom stereocenters. The van der Waals surface area contributed by atoms with E-state index in [4.69, 9.17) is 16.1 Å². The quantitative estimate of drug-likeness (QED) is 0.607.